The molecular formula is C23H35N5O3. The minimum Gasteiger partial charge on any atom is -0.384 e. The van der Waals surface area contributed by atoms with Crippen LogP contribution in [0.2, 0.25) is 0 Å². The molecule has 31 heavy (non-hydrogen) atoms. The Kier molecular flexibility index (Phi) is 8.60. The molecule has 0 aliphatic carbocycles. The van der Waals surface area contributed by atoms with Crippen molar-refractivity contribution in [1.82, 2.24) is 15.3 Å². The van der Waals surface area contributed by atoms with E-state index in [2.05, 4.69) is 22.2 Å². The Hall–Kier alpha value is -2.26. The number of nitrogens with two attached hydrogens (primary N) is 2. The quantitative estimate of drug-likeness (QED) is 0.466. The molecule has 1 aliphatic rings. The molecule has 0 spiro atoms. The Labute approximate surface area is 184 Å². The van der Waals surface area contributed by atoms with Crippen LogP contribution in [0.1, 0.15) is 35.9 Å². The lowest BCUT2D eigenvalue weighted by Gasteiger charge is -2.19. The summed E-state index contributed by atoms with van der Waals surface area (Å²) >= 11 is 0. The van der Waals surface area contributed by atoms with Gasteiger partial charge in [-0.2, -0.15) is 0 Å². The van der Waals surface area contributed by atoms with E-state index in [1.165, 1.54) is 0 Å². The van der Waals surface area contributed by atoms with E-state index in [0.29, 0.717) is 56.6 Å². The fourth-order valence-corrected chi connectivity index (χ4v) is 3.86. The van der Waals surface area contributed by atoms with Crippen molar-refractivity contribution in [2.75, 3.05) is 37.8 Å². The van der Waals surface area contributed by atoms with Crippen LogP contribution in [-0.2, 0) is 27.4 Å². The standard InChI is InChI=1S/C23H35N5O3/c1-15-6-18(27-22(24)8-15)13-30-5-4-29-12-17(3)21-10-20(11-26-21)31-14-19-7-16(2)9-23(25)28-19/h6-9,17,20-21,26H,4-5,10-14H2,1-3H3,(H2,24,27)(H2,25,28). The largest absolute Gasteiger partial charge is 0.384 e. The Bertz CT molecular complexity index is 807. The van der Waals surface area contributed by atoms with Gasteiger partial charge in [-0.05, 0) is 61.6 Å². The molecule has 0 radical (unpaired) electrons. The Morgan fingerprint density at radius 2 is 1.58 bits per heavy atom. The molecule has 0 saturated carbocycles. The normalized spacial score (nSPS) is 19.6. The number of nitrogens with one attached hydrogen (secondary N) is 1. The minimum atomic E-state index is 0.175. The van der Waals surface area contributed by atoms with Crippen molar-refractivity contribution >= 4 is 11.6 Å². The van der Waals surface area contributed by atoms with E-state index in [9.17, 15) is 0 Å². The zero-order chi connectivity index (χ0) is 22.2. The third kappa shape index (κ3) is 7.74. The molecule has 5 N–H and O–H groups in total. The van der Waals surface area contributed by atoms with Gasteiger partial charge in [0.05, 0.1) is 50.5 Å². The fraction of sp³-hybridized carbons (Fsp3) is 0.565. The monoisotopic (exact) mass is 429 g/mol. The predicted molar refractivity (Wildman–Crippen MR) is 121 cm³/mol. The van der Waals surface area contributed by atoms with Crippen LogP contribution in [0, 0.1) is 19.8 Å². The van der Waals surface area contributed by atoms with E-state index in [1.54, 1.807) is 0 Å². The molecule has 3 atom stereocenters. The summed E-state index contributed by atoms with van der Waals surface area (Å²) < 4.78 is 17.5. The molecule has 8 nitrogen and oxygen atoms in total. The van der Waals surface area contributed by atoms with E-state index in [-0.39, 0.29) is 6.10 Å². The SMILES string of the molecule is Cc1cc(N)nc(COCCOCC(C)C2CC(OCc3cc(C)cc(N)n3)CN2)c1. The van der Waals surface area contributed by atoms with Crippen molar-refractivity contribution in [3.05, 3.63) is 46.8 Å². The summed E-state index contributed by atoms with van der Waals surface area (Å²) in [5.41, 5.74) is 15.5. The zero-order valence-corrected chi connectivity index (χ0v) is 18.8. The number of hydrogen-bond donors (Lipinski definition) is 3. The summed E-state index contributed by atoms with van der Waals surface area (Å²) in [5, 5.41) is 3.55. The smallest absolute Gasteiger partial charge is 0.123 e. The van der Waals surface area contributed by atoms with Crippen molar-refractivity contribution in [3.63, 3.8) is 0 Å². The van der Waals surface area contributed by atoms with E-state index >= 15 is 0 Å². The summed E-state index contributed by atoms with van der Waals surface area (Å²) in [5.74, 6) is 1.45. The summed E-state index contributed by atoms with van der Waals surface area (Å²) in [4.78, 5) is 8.60. The minimum absolute atomic E-state index is 0.175. The molecule has 0 bridgehead atoms. The molecule has 1 saturated heterocycles. The molecule has 2 aromatic rings. The Morgan fingerprint density at radius 3 is 2.23 bits per heavy atom. The van der Waals surface area contributed by atoms with Crippen LogP contribution < -0.4 is 16.8 Å². The molecule has 8 heteroatoms. The van der Waals surface area contributed by atoms with Crippen LogP contribution in [0.4, 0.5) is 11.6 Å². The average molecular weight is 430 g/mol. The highest BCUT2D eigenvalue weighted by Gasteiger charge is 2.28. The zero-order valence-electron chi connectivity index (χ0n) is 18.8. The molecule has 1 aliphatic heterocycles. The number of anilines is 2. The van der Waals surface area contributed by atoms with Gasteiger partial charge >= 0.3 is 0 Å². The van der Waals surface area contributed by atoms with Gasteiger partial charge in [-0.15, -0.1) is 0 Å². The topological polar surface area (TPSA) is 118 Å². The van der Waals surface area contributed by atoms with Crippen molar-refractivity contribution < 1.29 is 14.2 Å². The average Bonchev–Trinajstić information content (AvgIpc) is 3.17. The molecule has 0 amide bonds. The maximum Gasteiger partial charge on any atom is 0.123 e. The fourth-order valence-electron chi connectivity index (χ4n) is 3.86. The van der Waals surface area contributed by atoms with Crippen molar-refractivity contribution in [2.45, 2.75) is 52.6 Å². The maximum absolute atomic E-state index is 6.04. The highest BCUT2D eigenvalue weighted by Crippen LogP contribution is 2.19. The van der Waals surface area contributed by atoms with E-state index < -0.39 is 0 Å². The molecule has 1 fully saturated rings. The van der Waals surface area contributed by atoms with Crippen molar-refractivity contribution in [2.24, 2.45) is 5.92 Å². The first-order valence-electron chi connectivity index (χ1n) is 10.9. The summed E-state index contributed by atoms with van der Waals surface area (Å²) in [7, 11) is 0. The van der Waals surface area contributed by atoms with Crippen LogP contribution in [-0.4, -0.2) is 48.5 Å². The van der Waals surface area contributed by atoms with Gasteiger partial charge in [0.15, 0.2) is 0 Å². The summed E-state index contributed by atoms with van der Waals surface area (Å²) in [6.07, 6.45) is 1.14. The number of hydrogen-bond acceptors (Lipinski definition) is 8. The number of nitrogens with zero attached hydrogens (tertiary/aromatic N) is 2. The number of aryl methyl sites for hydroxylation is 2. The van der Waals surface area contributed by atoms with E-state index in [0.717, 1.165) is 35.5 Å². The van der Waals surface area contributed by atoms with Crippen LogP contribution in [0.3, 0.4) is 0 Å². The van der Waals surface area contributed by atoms with Crippen LogP contribution >= 0.6 is 0 Å². The first-order chi connectivity index (χ1) is 14.9. The van der Waals surface area contributed by atoms with Crippen molar-refractivity contribution in [3.8, 4) is 0 Å². The van der Waals surface area contributed by atoms with Gasteiger partial charge < -0.3 is 31.0 Å². The second kappa shape index (κ2) is 11.4. The Balaban J connectivity index is 1.28. The lowest BCUT2D eigenvalue weighted by Crippen LogP contribution is -2.31. The highest BCUT2D eigenvalue weighted by atomic mass is 16.5. The van der Waals surface area contributed by atoms with Crippen LogP contribution in [0.15, 0.2) is 24.3 Å². The molecule has 3 unspecified atom stereocenters. The number of rotatable bonds is 11. The van der Waals surface area contributed by atoms with Gasteiger partial charge in [0, 0.05) is 12.6 Å². The number of aromatic nitrogens is 2. The highest BCUT2D eigenvalue weighted by molar-refractivity contribution is 5.34. The predicted octanol–water partition coefficient (Wildman–Crippen LogP) is 2.37. The molecule has 3 rings (SSSR count). The number of pyridine rings is 2. The van der Waals surface area contributed by atoms with Gasteiger partial charge in [-0.25, -0.2) is 9.97 Å². The second-order valence-corrected chi connectivity index (χ2v) is 8.41. The van der Waals surface area contributed by atoms with Crippen LogP contribution in [0.25, 0.3) is 0 Å². The lowest BCUT2D eigenvalue weighted by atomic mass is 10.0. The molecule has 2 aromatic heterocycles. The first-order valence-corrected chi connectivity index (χ1v) is 10.9. The van der Waals surface area contributed by atoms with Gasteiger partial charge in [0.1, 0.15) is 11.6 Å². The summed E-state index contributed by atoms with van der Waals surface area (Å²) in [6, 6.07) is 8.07. The second-order valence-electron chi connectivity index (χ2n) is 8.41. The third-order valence-electron chi connectivity index (χ3n) is 5.37. The number of ether oxygens (including phenoxy) is 3. The van der Waals surface area contributed by atoms with Gasteiger partial charge in [-0.3, -0.25) is 0 Å². The molecule has 0 aromatic carbocycles. The number of nitrogen functional groups attached to an aromatic ring is 2. The van der Waals surface area contributed by atoms with E-state index in [4.69, 9.17) is 25.7 Å². The Morgan fingerprint density at radius 1 is 0.968 bits per heavy atom. The lowest BCUT2D eigenvalue weighted by molar-refractivity contribution is 0.0218. The van der Waals surface area contributed by atoms with Crippen molar-refractivity contribution in [1.29, 1.82) is 0 Å². The molecule has 170 valence electrons. The van der Waals surface area contributed by atoms with E-state index in [1.807, 2.05) is 38.1 Å². The summed E-state index contributed by atoms with van der Waals surface area (Å²) in [6.45, 7) is 9.72. The van der Waals surface area contributed by atoms with Gasteiger partial charge in [0.2, 0.25) is 0 Å². The van der Waals surface area contributed by atoms with Gasteiger partial charge in [-0.1, -0.05) is 6.92 Å². The first kappa shape index (κ1) is 23.4. The third-order valence-corrected chi connectivity index (χ3v) is 5.37. The molecule has 3 heterocycles. The van der Waals surface area contributed by atoms with Gasteiger partial charge in [0.25, 0.3) is 0 Å². The molecular weight excluding hydrogens is 394 g/mol. The maximum atomic E-state index is 6.04. The van der Waals surface area contributed by atoms with Crippen LogP contribution in [0.5, 0.6) is 0 Å².